The van der Waals surface area contributed by atoms with Crippen molar-refractivity contribution in [1.29, 1.82) is 0 Å². The summed E-state index contributed by atoms with van der Waals surface area (Å²) < 4.78 is 27.1. The van der Waals surface area contributed by atoms with Crippen LogP contribution in [0.4, 0.5) is 8.78 Å². The summed E-state index contributed by atoms with van der Waals surface area (Å²) in [6.45, 7) is 0.984. The van der Waals surface area contributed by atoms with Crippen molar-refractivity contribution in [2.75, 3.05) is 27.2 Å². The number of rotatable bonds is 4. The highest BCUT2D eigenvalue weighted by molar-refractivity contribution is 5.88. The number of benzene rings is 1. The molecule has 5 nitrogen and oxygen atoms in total. The van der Waals surface area contributed by atoms with Crippen LogP contribution in [0.15, 0.2) is 18.2 Å². The fourth-order valence-corrected chi connectivity index (χ4v) is 2.41. The molecule has 1 aliphatic rings. The molecule has 0 saturated carbocycles. The lowest BCUT2D eigenvalue weighted by Crippen LogP contribution is -2.56. The first-order valence-electron chi connectivity index (χ1n) is 7.05. The average molecular weight is 311 g/mol. The zero-order valence-corrected chi connectivity index (χ0v) is 12.6. The summed E-state index contributed by atoms with van der Waals surface area (Å²) in [5.41, 5.74) is 0.178. The molecule has 0 radical (unpaired) electrons. The van der Waals surface area contributed by atoms with E-state index in [9.17, 15) is 18.4 Å². The minimum Gasteiger partial charge on any atom is -0.353 e. The summed E-state index contributed by atoms with van der Waals surface area (Å²) in [4.78, 5) is 27.0. The van der Waals surface area contributed by atoms with E-state index in [2.05, 4.69) is 5.32 Å². The molecule has 2 rings (SSSR count). The van der Waals surface area contributed by atoms with Crippen LogP contribution in [0.5, 0.6) is 0 Å². The number of piperazine rings is 1. The molecule has 120 valence electrons. The predicted molar refractivity (Wildman–Crippen MR) is 76.9 cm³/mol. The minimum absolute atomic E-state index is 0.00969. The molecule has 1 fully saturated rings. The number of hydrogen-bond acceptors (Lipinski definition) is 3. The van der Waals surface area contributed by atoms with Gasteiger partial charge in [0, 0.05) is 39.3 Å². The lowest BCUT2D eigenvalue weighted by atomic mass is 10.1. The maximum Gasteiger partial charge on any atom is 0.237 e. The number of halogens is 2. The van der Waals surface area contributed by atoms with Gasteiger partial charge in [-0.15, -0.1) is 0 Å². The van der Waals surface area contributed by atoms with Crippen molar-refractivity contribution >= 4 is 11.8 Å². The second-order valence-corrected chi connectivity index (χ2v) is 5.48. The SMILES string of the molecule is CN(C)C(=O)C[C@H]1C(=O)NCCN1Cc1cccc(F)c1F. The van der Waals surface area contributed by atoms with E-state index in [0.29, 0.717) is 13.1 Å². The van der Waals surface area contributed by atoms with Crippen LogP contribution >= 0.6 is 0 Å². The van der Waals surface area contributed by atoms with Gasteiger partial charge in [-0.05, 0) is 6.07 Å². The third-order valence-corrected chi connectivity index (χ3v) is 3.71. The zero-order valence-electron chi connectivity index (χ0n) is 12.6. The molecule has 0 aromatic heterocycles. The Morgan fingerprint density at radius 3 is 2.82 bits per heavy atom. The van der Waals surface area contributed by atoms with Crippen molar-refractivity contribution < 1.29 is 18.4 Å². The Morgan fingerprint density at radius 1 is 1.41 bits per heavy atom. The van der Waals surface area contributed by atoms with Gasteiger partial charge in [0.05, 0.1) is 12.5 Å². The second kappa shape index (κ2) is 6.83. The van der Waals surface area contributed by atoms with Gasteiger partial charge in [0.1, 0.15) is 0 Å². The highest BCUT2D eigenvalue weighted by Gasteiger charge is 2.32. The first-order valence-corrected chi connectivity index (χ1v) is 7.05. The molecule has 0 aliphatic carbocycles. The molecule has 1 atom stereocenters. The van der Waals surface area contributed by atoms with Gasteiger partial charge in [0.25, 0.3) is 0 Å². The van der Waals surface area contributed by atoms with Gasteiger partial charge in [0.15, 0.2) is 11.6 Å². The maximum atomic E-state index is 13.8. The van der Waals surface area contributed by atoms with Gasteiger partial charge in [-0.1, -0.05) is 12.1 Å². The van der Waals surface area contributed by atoms with Crippen molar-refractivity contribution in [3.8, 4) is 0 Å². The van der Waals surface area contributed by atoms with Gasteiger partial charge in [-0.3, -0.25) is 14.5 Å². The summed E-state index contributed by atoms with van der Waals surface area (Å²) in [5.74, 6) is -2.28. The molecule has 1 saturated heterocycles. The van der Waals surface area contributed by atoms with Crippen molar-refractivity contribution in [2.24, 2.45) is 0 Å². The Balaban J connectivity index is 2.17. The standard InChI is InChI=1S/C15H19F2N3O2/c1-19(2)13(21)8-12-15(22)18-6-7-20(12)9-10-4-3-5-11(16)14(10)17/h3-5,12H,6-9H2,1-2H3,(H,18,22)/t12-/m0/s1. The molecule has 1 N–H and O–H groups in total. The van der Waals surface area contributed by atoms with E-state index in [0.717, 1.165) is 6.07 Å². The van der Waals surface area contributed by atoms with E-state index >= 15 is 0 Å². The van der Waals surface area contributed by atoms with E-state index in [1.807, 2.05) is 0 Å². The molecule has 0 spiro atoms. The summed E-state index contributed by atoms with van der Waals surface area (Å²) >= 11 is 0. The minimum atomic E-state index is -0.917. The first kappa shape index (κ1) is 16.4. The monoisotopic (exact) mass is 311 g/mol. The molecular weight excluding hydrogens is 292 g/mol. The number of carbonyl (C=O) groups excluding carboxylic acids is 2. The van der Waals surface area contributed by atoms with Gasteiger partial charge in [-0.2, -0.15) is 0 Å². The Hall–Kier alpha value is -2.02. The van der Waals surface area contributed by atoms with Crippen molar-refractivity contribution in [2.45, 2.75) is 19.0 Å². The van der Waals surface area contributed by atoms with Crippen LogP contribution in [-0.2, 0) is 16.1 Å². The number of carbonyl (C=O) groups is 2. The Bertz CT molecular complexity index is 578. The zero-order chi connectivity index (χ0) is 16.3. The Morgan fingerprint density at radius 2 is 2.14 bits per heavy atom. The van der Waals surface area contributed by atoms with Gasteiger partial charge in [-0.25, -0.2) is 8.78 Å². The fraction of sp³-hybridized carbons (Fsp3) is 0.467. The van der Waals surface area contributed by atoms with Crippen molar-refractivity contribution in [1.82, 2.24) is 15.1 Å². The van der Waals surface area contributed by atoms with Gasteiger partial charge in [0.2, 0.25) is 11.8 Å². The Labute approximate surface area is 127 Å². The molecule has 1 aliphatic heterocycles. The van der Waals surface area contributed by atoms with Gasteiger partial charge >= 0.3 is 0 Å². The molecule has 7 heteroatoms. The van der Waals surface area contributed by atoms with Crippen LogP contribution in [0.1, 0.15) is 12.0 Å². The van der Waals surface area contributed by atoms with E-state index < -0.39 is 17.7 Å². The lowest BCUT2D eigenvalue weighted by molar-refractivity contribution is -0.137. The molecule has 0 bridgehead atoms. The third-order valence-electron chi connectivity index (χ3n) is 3.71. The van der Waals surface area contributed by atoms with E-state index in [-0.39, 0.29) is 30.3 Å². The number of hydrogen-bond donors (Lipinski definition) is 1. The molecular formula is C15H19F2N3O2. The van der Waals surface area contributed by atoms with Crippen molar-refractivity contribution in [3.63, 3.8) is 0 Å². The quantitative estimate of drug-likeness (QED) is 0.892. The van der Waals surface area contributed by atoms with Gasteiger partial charge < -0.3 is 10.2 Å². The van der Waals surface area contributed by atoms with Crippen LogP contribution in [0.25, 0.3) is 0 Å². The number of amides is 2. The highest BCUT2D eigenvalue weighted by Crippen LogP contribution is 2.18. The topological polar surface area (TPSA) is 52.7 Å². The summed E-state index contributed by atoms with van der Waals surface area (Å²) in [5, 5.41) is 2.70. The lowest BCUT2D eigenvalue weighted by Gasteiger charge is -2.35. The molecule has 0 unspecified atom stereocenters. The number of nitrogens with one attached hydrogen (secondary N) is 1. The maximum absolute atomic E-state index is 13.8. The van der Waals surface area contributed by atoms with Crippen LogP contribution in [-0.4, -0.2) is 54.8 Å². The Kier molecular flexibility index (Phi) is 5.07. The molecule has 22 heavy (non-hydrogen) atoms. The summed E-state index contributed by atoms with van der Waals surface area (Å²) in [6.07, 6.45) is 0.00969. The van der Waals surface area contributed by atoms with Crippen LogP contribution in [0, 0.1) is 11.6 Å². The van der Waals surface area contributed by atoms with E-state index in [4.69, 9.17) is 0 Å². The molecule has 1 heterocycles. The number of nitrogens with zero attached hydrogens (tertiary/aromatic N) is 2. The largest absolute Gasteiger partial charge is 0.353 e. The van der Waals surface area contributed by atoms with Crippen molar-refractivity contribution in [3.05, 3.63) is 35.4 Å². The second-order valence-electron chi connectivity index (χ2n) is 5.48. The normalized spacial score (nSPS) is 18.9. The van der Waals surface area contributed by atoms with Crippen LogP contribution in [0.3, 0.4) is 0 Å². The van der Waals surface area contributed by atoms with Crippen LogP contribution < -0.4 is 5.32 Å². The first-order chi connectivity index (χ1) is 10.4. The molecule has 1 aromatic carbocycles. The average Bonchev–Trinajstić information content (AvgIpc) is 2.47. The highest BCUT2D eigenvalue weighted by atomic mass is 19.2. The van der Waals surface area contributed by atoms with E-state index in [1.165, 1.54) is 17.0 Å². The predicted octanol–water partition coefficient (Wildman–Crippen LogP) is 0.744. The summed E-state index contributed by atoms with van der Waals surface area (Å²) in [7, 11) is 3.22. The fourth-order valence-electron chi connectivity index (χ4n) is 2.41. The van der Waals surface area contributed by atoms with Crippen LogP contribution in [0.2, 0.25) is 0 Å². The third kappa shape index (κ3) is 3.59. The molecule has 2 amide bonds. The smallest absolute Gasteiger partial charge is 0.237 e. The van der Waals surface area contributed by atoms with E-state index in [1.54, 1.807) is 19.0 Å². The molecule has 1 aromatic rings. The summed E-state index contributed by atoms with van der Waals surface area (Å²) in [6, 6.07) is 3.29.